The first-order valence-electron chi connectivity index (χ1n) is 6.64. The Morgan fingerprint density at radius 2 is 0.905 bits per heavy atom. The van der Waals surface area contributed by atoms with Gasteiger partial charge < -0.3 is 9.90 Å². The van der Waals surface area contributed by atoms with Crippen molar-refractivity contribution in [3.05, 3.63) is 96.6 Å². The first kappa shape index (κ1) is 14.5. The molecule has 0 fully saturated rings. The highest BCUT2D eigenvalue weighted by molar-refractivity contribution is 5.85. The molecule has 3 aromatic rings. The van der Waals surface area contributed by atoms with Crippen molar-refractivity contribution in [1.29, 1.82) is 0 Å². The van der Waals surface area contributed by atoms with Gasteiger partial charge >= 0.3 is 0 Å². The Morgan fingerprint density at radius 1 is 0.571 bits per heavy atom. The van der Waals surface area contributed by atoms with Crippen molar-refractivity contribution in [1.82, 2.24) is 0 Å². The molecule has 0 N–H and O–H groups in total. The second kappa shape index (κ2) is 7.65. The number of hydrogen-bond acceptors (Lipinski definition) is 2. The van der Waals surface area contributed by atoms with Crippen LogP contribution in [0.3, 0.4) is 0 Å². The largest absolute Gasteiger partial charge is 0.545 e. The molecule has 0 aliphatic carbocycles. The average Bonchev–Trinajstić information content (AvgIpc) is 2.58. The van der Waals surface area contributed by atoms with Gasteiger partial charge in [-0.05, 0) is 16.7 Å². The fourth-order valence-electron chi connectivity index (χ4n) is 1.84. The summed E-state index contributed by atoms with van der Waals surface area (Å²) in [5.74, 6) is -1.13. The van der Waals surface area contributed by atoms with Crippen molar-refractivity contribution >= 4 is 5.97 Å². The SMILES string of the molecule is O=C([O-])c1ccccc1.c1ccc(-c2ccccc2)cc1. The van der Waals surface area contributed by atoms with Crippen molar-refractivity contribution in [2.24, 2.45) is 0 Å². The summed E-state index contributed by atoms with van der Waals surface area (Å²) in [6.07, 6.45) is 0. The molecule has 0 heterocycles. The van der Waals surface area contributed by atoms with Gasteiger partial charge in [0.2, 0.25) is 0 Å². The molecule has 0 aromatic heterocycles. The third-order valence-electron chi connectivity index (χ3n) is 2.89. The average molecular weight is 275 g/mol. The minimum absolute atomic E-state index is 0.220. The van der Waals surface area contributed by atoms with E-state index >= 15 is 0 Å². The van der Waals surface area contributed by atoms with Gasteiger partial charge in [0, 0.05) is 0 Å². The predicted molar refractivity (Wildman–Crippen MR) is 82.7 cm³/mol. The Morgan fingerprint density at radius 3 is 1.19 bits per heavy atom. The van der Waals surface area contributed by atoms with Crippen LogP contribution in [0.5, 0.6) is 0 Å². The van der Waals surface area contributed by atoms with Gasteiger partial charge in [-0.3, -0.25) is 0 Å². The molecule has 3 rings (SSSR count). The maximum atomic E-state index is 10.1. The zero-order chi connectivity index (χ0) is 14.9. The molecule has 21 heavy (non-hydrogen) atoms. The van der Waals surface area contributed by atoms with Crippen LogP contribution in [0.2, 0.25) is 0 Å². The van der Waals surface area contributed by atoms with E-state index in [0.29, 0.717) is 0 Å². The van der Waals surface area contributed by atoms with Crippen LogP contribution in [0.4, 0.5) is 0 Å². The molecule has 0 spiro atoms. The fraction of sp³-hybridized carbons (Fsp3) is 0. The lowest BCUT2D eigenvalue weighted by molar-refractivity contribution is -0.255. The molecule has 0 saturated heterocycles. The highest BCUT2D eigenvalue weighted by Gasteiger charge is 1.91. The Kier molecular flexibility index (Phi) is 5.30. The Balaban J connectivity index is 0.000000161. The highest BCUT2D eigenvalue weighted by atomic mass is 16.4. The summed E-state index contributed by atoms with van der Waals surface area (Å²) in [6, 6.07) is 28.8. The first-order chi connectivity index (χ1) is 10.3. The number of hydrogen-bond donors (Lipinski definition) is 0. The van der Waals surface area contributed by atoms with E-state index in [2.05, 4.69) is 48.5 Å². The van der Waals surface area contributed by atoms with Gasteiger partial charge in [0.05, 0.1) is 5.97 Å². The Hall–Kier alpha value is -2.87. The van der Waals surface area contributed by atoms with Gasteiger partial charge in [0.15, 0.2) is 0 Å². The number of aromatic carboxylic acids is 1. The Labute approximate surface area is 124 Å². The second-order valence-electron chi connectivity index (χ2n) is 4.39. The normalized spacial score (nSPS) is 9.33. The number of benzene rings is 3. The standard InChI is InChI=1S/C12H10.C7H6O2/c1-3-7-11(8-4-1)12-9-5-2-6-10-12;8-7(9)6-4-2-1-3-5-6/h1-10H;1-5H,(H,8,9)/p-1. The lowest BCUT2D eigenvalue weighted by Crippen LogP contribution is -2.21. The summed E-state index contributed by atoms with van der Waals surface area (Å²) < 4.78 is 0. The van der Waals surface area contributed by atoms with Crippen LogP contribution in [0.15, 0.2) is 91.0 Å². The lowest BCUT2D eigenvalue weighted by Gasteiger charge is -1.98. The summed E-state index contributed by atoms with van der Waals surface area (Å²) in [6.45, 7) is 0. The molecule has 0 radical (unpaired) electrons. The monoisotopic (exact) mass is 275 g/mol. The molecule has 0 bridgehead atoms. The molecule has 3 aromatic carbocycles. The molecule has 2 nitrogen and oxygen atoms in total. The number of rotatable bonds is 2. The topological polar surface area (TPSA) is 40.1 Å². The van der Waals surface area contributed by atoms with Crippen molar-refractivity contribution in [3.8, 4) is 11.1 Å². The van der Waals surface area contributed by atoms with E-state index in [1.165, 1.54) is 23.3 Å². The van der Waals surface area contributed by atoms with E-state index < -0.39 is 5.97 Å². The van der Waals surface area contributed by atoms with Crippen molar-refractivity contribution in [3.63, 3.8) is 0 Å². The van der Waals surface area contributed by atoms with Gasteiger partial charge in [0.1, 0.15) is 0 Å². The molecule has 0 amide bonds. The van der Waals surface area contributed by atoms with E-state index in [1.54, 1.807) is 18.2 Å². The van der Waals surface area contributed by atoms with Gasteiger partial charge in [-0.2, -0.15) is 0 Å². The maximum absolute atomic E-state index is 10.1. The summed E-state index contributed by atoms with van der Waals surface area (Å²) in [5.41, 5.74) is 2.77. The van der Waals surface area contributed by atoms with Gasteiger partial charge in [-0.25, -0.2) is 0 Å². The maximum Gasteiger partial charge on any atom is 0.0715 e. The third kappa shape index (κ3) is 4.62. The van der Waals surface area contributed by atoms with Crippen LogP contribution < -0.4 is 5.11 Å². The van der Waals surface area contributed by atoms with Crippen LogP contribution >= 0.6 is 0 Å². The predicted octanol–water partition coefficient (Wildman–Crippen LogP) is 3.40. The molecule has 0 aliphatic rings. The zero-order valence-corrected chi connectivity index (χ0v) is 11.5. The number of carboxylic acid groups (broad SMARTS) is 1. The van der Waals surface area contributed by atoms with E-state index in [1.807, 2.05) is 12.1 Å². The van der Waals surface area contributed by atoms with Crippen molar-refractivity contribution in [2.45, 2.75) is 0 Å². The van der Waals surface area contributed by atoms with Gasteiger partial charge in [-0.15, -0.1) is 0 Å². The molecule has 0 aliphatic heterocycles. The molecule has 104 valence electrons. The minimum atomic E-state index is -1.13. The van der Waals surface area contributed by atoms with Gasteiger partial charge in [0.25, 0.3) is 0 Å². The van der Waals surface area contributed by atoms with Gasteiger partial charge in [-0.1, -0.05) is 91.0 Å². The molecular weight excluding hydrogens is 260 g/mol. The highest BCUT2D eigenvalue weighted by Crippen LogP contribution is 2.17. The zero-order valence-electron chi connectivity index (χ0n) is 11.5. The smallest absolute Gasteiger partial charge is 0.0715 e. The molecule has 0 unspecified atom stereocenters. The van der Waals surface area contributed by atoms with Crippen LogP contribution in [-0.2, 0) is 0 Å². The number of carbonyl (C=O) groups is 1. The number of carboxylic acids is 1. The van der Waals surface area contributed by atoms with Crippen molar-refractivity contribution < 1.29 is 9.90 Å². The quantitative estimate of drug-likeness (QED) is 0.719. The fourth-order valence-corrected chi connectivity index (χ4v) is 1.84. The minimum Gasteiger partial charge on any atom is -0.545 e. The summed E-state index contributed by atoms with van der Waals surface area (Å²) in [5, 5.41) is 10.1. The number of carbonyl (C=O) groups excluding carboxylic acids is 1. The first-order valence-corrected chi connectivity index (χ1v) is 6.64. The van der Waals surface area contributed by atoms with E-state index in [0.717, 1.165) is 0 Å². The molecule has 0 saturated carbocycles. The van der Waals surface area contributed by atoms with Crippen LogP contribution in [0.1, 0.15) is 10.4 Å². The molecule has 2 heteroatoms. The summed E-state index contributed by atoms with van der Waals surface area (Å²) in [7, 11) is 0. The van der Waals surface area contributed by atoms with Crippen LogP contribution in [0, 0.1) is 0 Å². The lowest BCUT2D eigenvalue weighted by atomic mass is 10.1. The van der Waals surface area contributed by atoms with E-state index in [4.69, 9.17) is 0 Å². The second-order valence-corrected chi connectivity index (χ2v) is 4.39. The summed E-state index contributed by atoms with van der Waals surface area (Å²) in [4.78, 5) is 10.1. The van der Waals surface area contributed by atoms with E-state index in [9.17, 15) is 9.90 Å². The van der Waals surface area contributed by atoms with Crippen LogP contribution in [-0.4, -0.2) is 5.97 Å². The molecule has 0 atom stereocenters. The summed E-state index contributed by atoms with van der Waals surface area (Å²) >= 11 is 0. The van der Waals surface area contributed by atoms with Crippen LogP contribution in [0.25, 0.3) is 11.1 Å². The van der Waals surface area contributed by atoms with E-state index in [-0.39, 0.29) is 5.56 Å². The Bertz CT molecular complexity index is 624. The molecular formula is C19H15O2-. The third-order valence-corrected chi connectivity index (χ3v) is 2.89. The van der Waals surface area contributed by atoms with Crippen molar-refractivity contribution in [2.75, 3.05) is 0 Å².